The zero-order valence-electron chi connectivity index (χ0n) is 27.1. The van der Waals surface area contributed by atoms with Gasteiger partial charge in [0.25, 0.3) is 11.3 Å². The van der Waals surface area contributed by atoms with Crippen molar-refractivity contribution >= 4 is 63.2 Å². The van der Waals surface area contributed by atoms with Crippen molar-refractivity contribution in [3.8, 4) is 5.75 Å². The first-order valence-electron chi connectivity index (χ1n) is 12.0. The van der Waals surface area contributed by atoms with Gasteiger partial charge in [-0.3, -0.25) is 18.6 Å². The van der Waals surface area contributed by atoms with E-state index < -0.39 is 16.9 Å². The molecule has 1 rings (SSSR count). The summed E-state index contributed by atoms with van der Waals surface area (Å²) in [6.45, 7) is 15.4. The standard InChI is InChI=1S/C12H16O3.C4H9NO3S.C3H6O2.2C3H6OS.C2H6/c1-9(13)15-12(2,3)10-5-7-11(14-4)8-6-10;1-4(7-2)5-9(6)8-3;2*1-3(4)5-2;1-3(5)4-2;1-2/h5-8H,1-4H3;1-3H3;3*1-2H3;1-2H3. The summed E-state index contributed by atoms with van der Waals surface area (Å²) in [5.74, 6) is 0.605. The van der Waals surface area contributed by atoms with E-state index in [4.69, 9.17) is 9.47 Å². The summed E-state index contributed by atoms with van der Waals surface area (Å²) < 4.78 is 41.7. The van der Waals surface area contributed by atoms with Crippen molar-refractivity contribution in [3.05, 3.63) is 29.8 Å². The maximum atomic E-state index is 10.9. The van der Waals surface area contributed by atoms with Crippen molar-refractivity contribution in [2.45, 2.75) is 67.9 Å². The minimum atomic E-state index is -1.59. The van der Waals surface area contributed by atoms with Crippen LogP contribution in [0.1, 0.15) is 67.9 Å². The molecule has 0 spiro atoms. The molecule has 14 heteroatoms. The van der Waals surface area contributed by atoms with Crippen molar-refractivity contribution in [3.63, 3.8) is 0 Å². The molecule has 0 radical (unpaired) electrons. The van der Waals surface area contributed by atoms with Gasteiger partial charge in [-0.2, -0.15) is 0 Å². The summed E-state index contributed by atoms with van der Waals surface area (Å²) in [6.07, 6.45) is 1.77. The molecule has 240 valence electrons. The molecule has 1 atom stereocenters. The van der Waals surface area contributed by atoms with Crippen LogP contribution >= 0.6 is 24.0 Å². The Morgan fingerprint density at radius 2 is 1.22 bits per heavy atom. The van der Waals surface area contributed by atoms with Gasteiger partial charge in [-0.05, 0) is 50.0 Å². The highest BCUT2D eigenvalue weighted by Crippen LogP contribution is 2.26. The number of carbonyl (C=O) groups is 3. The average molecular weight is 644 g/mol. The summed E-state index contributed by atoms with van der Waals surface area (Å²) in [6, 6.07) is 7.48. The van der Waals surface area contributed by atoms with E-state index in [-0.39, 0.29) is 17.1 Å². The molecule has 0 saturated heterocycles. The number of hydrogen-bond acceptors (Lipinski definition) is 12. The molecule has 0 aliphatic carbocycles. The second-order valence-corrected chi connectivity index (χ2v) is 9.63. The average Bonchev–Trinajstić information content (AvgIpc) is 2.94. The number of ether oxygens (including phenoxy) is 5. The van der Waals surface area contributed by atoms with Crippen LogP contribution in [-0.4, -0.2) is 74.0 Å². The van der Waals surface area contributed by atoms with Crippen LogP contribution in [0.4, 0.5) is 0 Å². The van der Waals surface area contributed by atoms with Crippen molar-refractivity contribution in [1.82, 2.24) is 0 Å². The van der Waals surface area contributed by atoms with Crippen molar-refractivity contribution in [2.75, 3.05) is 41.8 Å². The highest BCUT2D eigenvalue weighted by atomic mass is 32.2. The molecule has 0 fully saturated rings. The number of carbonyl (C=O) groups excluding carboxylic acids is 3. The molecule has 0 aliphatic heterocycles. The Kier molecular flexibility index (Phi) is 37.6. The van der Waals surface area contributed by atoms with Crippen LogP contribution in [0.15, 0.2) is 28.7 Å². The zero-order chi connectivity index (χ0) is 33.6. The molecular formula is C27H49NO10S3. The molecule has 1 aromatic carbocycles. The van der Waals surface area contributed by atoms with E-state index in [1.165, 1.54) is 46.9 Å². The quantitative estimate of drug-likeness (QED) is 0.165. The fourth-order valence-electron chi connectivity index (χ4n) is 1.59. The number of thiocarbonyl (C=S) groups is 1. The van der Waals surface area contributed by atoms with Gasteiger partial charge < -0.3 is 23.7 Å². The molecule has 0 heterocycles. The van der Waals surface area contributed by atoms with E-state index in [1.54, 1.807) is 41.2 Å². The van der Waals surface area contributed by atoms with Crippen LogP contribution in [0, 0.1) is 0 Å². The highest BCUT2D eigenvalue weighted by Gasteiger charge is 2.23. The number of benzene rings is 1. The van der Waals surface area contributed by atoms with Crippen molar-refractivity contribution < 1.29 is 46.5 Å². The van der Waals surface area contributed by atoms with Gasteiger partial charge in [-0.15, -0.1) is 4.40 Å². The highest BCUT2D eigenvalue weighted by molar-refractivity contribution is 8.12. The Labute approximate surface area is 258 Å². The minimum Gasteiger partial charge on any atom is -0.497 e. The van der Waals surface area contributed by atoms with Gasteiger partial charge in [-0.25, -0.2) is 4.21 Å². The normalized spacial score (nSPS) is 10.1. The fourth-order valence-corrected chi connectivity index (χ4v) is 1.95. The molecule has 0 amide bonds. The van der Waals surface area contributed by atoms with Crippen LogP contribution in [0.25, 0.3) is 0 Å². The predicted octanol–water partition coefficient (Wildman–Crippen LogP) is 5.85. The van der Waals surface area contributed by atoms with Crippen LogP contribution in [0.3, 0.4) is 0 Å². The molecule has 0 aromatic heterocycles. The third-order valence-electron chi connectivity index (χ3n) is 3.69. The fraction of sp³-hybridized carbons (Fsp3) is 0.593. The number of esters is 2. The topological polar surface area (TPSA) is 136 Å². The van der Waals surface area contributed by atoms with Crippen LogP contribution in [0.2, 0.25) is 0 Å². The summed E-state index contributed by atoms with van der Waals surface area (Å²) >= 11 is 4.12. The Bertz CT molecular complexity index is 857. The number of rotatable bonds is 5. The largest absolute Gasteiger partial charge is 0.497 e. The van der Waals surface area contributed by atoms with Gasteiger partial charge in [0.15, 0.2) is 16.1 Å². The zero-order valence-corrected chi connectivity index (χ0v) is 29.5. The summed E-state index contributed by atoms with van der Waals surface area (Å²) in [5.41, 5.74) is 0.344. The van der Waals surface area contributed by atoms with Crippen LogP contribution in [0.5, 0.6) is 5.75 Å². The Hall–Kier alpha value is -2.55. The summed E-state index contributed by atoms with van der Waals surface area (Å²) in [4.78, 5) is 30.3. The van der Waals surface area contributed by atoms with Gasteiger partial charge in [0.05, 0.1) is 35.5 Å². The SMILES string of the molecule is CC.COC(C)=NS(=O)OC.COC(C)=O.COC(C)=S.COc1ccc(C(C)(C)OC(C)=O)cc1.CSC(C)=O. The van der Waals surface area contributed by atoms with E-state index in [0.29, 0.717) is 10.9 Å². The Morgan fingerprint density at radius 1 is 0.829 bits per heavy atom. The lowest BCUT2D eigenvalue weighted by Crippen LogP contribution is -2.24. The predicted molar refractivity (Wildman–Crippen MR) is 172 cm³/mol. The van der Waals surface area contributed by atoms with Crippen LogP contribution in [-0.2, 0) is 54.4 Å². The second-order valence-electron chi connectivity index (χ2n) is 7.12. The lowest BCUT2D eigenvalue weighted by Gasteiger charge is -2.25. The minimum absolute atomic E-state index is 0.171. The maximum absolute atomic E-state index is 10.9. The Morgan fingerprint density at radius 3 is 1.44 bits per heavy atom. The lowest BCUT2D eigenvalue weighted by atomic mass is 9.98. The van der Waals surface area contributed by atoms with Gasteiger partial charge in [0.2, 0.25) is 0 Å². The summed E-state index contributed by atoms with van der Waals surface area (Å²) in [5, 5.41) is 0.759. The Balaban J connectivity index is -0.000000142. The van der Waals surface area contributed by atoms with Gasteiger partial charge in [0, 0.05) is 34.6 Å². The molecule has 1 aromatic rings. The number of thioether (sulfide) groups is 1. The molecule has 0 bridgehead atoms. The van der Waals surface area contributed by atoms with Gasteiger partial charge in [0.1, 0.15) is 11.4 Å². The molecule has 0 saturated carbocycles. The third-order valence-corrected chi connectivity index (χ3v) is 5.12. The molecule has 0 aliphatic rings. The van der Waals surface area contributed by atoms with E-state index in [2.05, 4.69) is 35.0 Å². The molecule has 11 nitrogen and oxygen atoms in total. The first-order chi connectivity index (χ1) is 19.0. The van der Waals surface area contributed by atoms with Crippen molar-refractivity contribution in [1.29, 1.82) is 0 Å². The number of nitrogens with zero attached hydrogens (tertiary/aromatic N) is 1. The van der Waals surface area contributed by atoms with E-state index in [0.717, 1.165) is 11.3 Å². The lowest BCUT2D eigenvalue weighted by molar-refractivity contribution is -0.154. The molecular weight excluding hydrogens is 594 g/mol. The van der Waals surface area contributed by atoms with Crippen molar-refractivity contribution in [2.24, 2.45) is 4.40 Å². The number of methoxy groups -OCH3 is 4. The van der Waals surface area contributed by atoms with E-state index >= 15 is 0 Å². The molecule has 1 unspecified atom stereocenters. The maximum Gasteiger partial charge on any atom is 0.303 e. The number of hydrogen-bond donors (Lipinski definition) is 0. The smallest absolute Gasteiger partial charge is 0.303 e. The van der Waals surface area contributed by atoms with E-state index in [1.807, 2.05) is 52.0 Å². The first kappa shape index (κ1) is 48.2. The monoisotopic (exact) mass is 643 g/mol. The van der Waals surface area contributed by atoms with Crippen LogP contribution < -0.4 is 4.74 Å². The first-order valence-corrected chi connectivity index (χ1v) is 14.7. The van der Waals surface area contributed by atoms with E-state index in [9.17, 15) is 18.6 Å². The molecule has 41 heavy (non-hydrogen) atoms. The second kappa shape index (κ2) is 32.0. The van der Waals surface area contributed by atoms with Gasteiger partial charge in [-0.1, -0.05) is 37.7 Å². The molecule has 0 N–H and O–H groups in total. The summed E-state index contributed by atoms with van der Waals surface area (Å²) in [7, 11) is 7.28. The van der Waals surface area contributed by atoms with Gasteiger partial charge >= 0.3 is 11.9 Å². The third kappa shape index (κ3) is 39.7.